The van der Waals surface area contributed by atoms with Crippen molar-refractivity contribution in [2.24, 2.45) is 0 Å². The molecule has 0 aliphatic carbocycles. The van der Waals surface area contributed by atoms with Crippen LogP contribution in [0.15, 0.2) is 12.1 Å². The molecule has 25 heavy (non-hydrogen) atoms. The molecule has 2 fully saturated rings. The van der Waals surface area contributed by atoms with Gasteiger partial charge in [-0.05, 0) is 26.0 Å². The Hall–Kier alpha value is -2.37. The predicted molar refractivity (Wildman–Crippen MR) is 93.1 cm³/mol. The van der Waals surface area contributed by atoms with Crippen LogP contribution in [0.3, 0.4) is 0 Å². The third-order valence-corrected chi connectivity index (χ3v) is 4.57. The van der Waals surface area contributed by atoms with Crippen molar-refractivity contribution in [3.05, 3.63) is 27.8 Å². The number of ether oxygens (including phenoxy) is 2. The van der Waals surface area contributed by atoms with E-state index in [2.05, 4.69) is 4.90 Å². The van der Waals surface area contributed by atoms with Crippen molar-refractivity contribution in [3.63, 3.8) is 0 Å². The molecule has 8 nitrogen and oxygen atoms in total. The molecular formula is C17H22N4O4. The zero-order chi connectivity index (χ0) is 18.0. The second-order valence-corrected chi connectivity index (χ2v) is 6.48. The van der Waals surface area contributed by atoms with Crippen molar-refractivity contribution < 1.29 is 14.4 Å². The summed E-state index contributed by atoms with van der Waals surface area (Å²) in [5.74, 6) is 0. The number of anilines is 2. The highest BCUT2D eigenvalue weighted by Crippen LogP contribution is 2.37. The van der Waals surface area contributed by atoms with Crippen molar-refractivity contribution >= 4 is 17.1 Å². The Kier molecular flexibility index (Phi) is 5.06. The zero-order valence-corrected chi connectivity index (χ0v) is 14.5. The van der Waals surface area contributed by atoms with Gasteiger partial charge < -0.3 is 19.3 Å². The molecule has 134 valence electrons. The molecule has 2 atom stereocenters. The van der Waals surface area contributed by atoms with Crippen LogP contribution in [0, 0.1) is 21.4 Å². The first-order valence-corrected chi connectivity index (χ1v) is 8.45. The number of nitrogens with zero attached hydrogens (tertiary/aromatic N) is 4. The maximum atomic E-state index is 11.6. The van der Waals surface area contributed by atoms with E-state index in [0.717, 1.165) is 5.69 Å². The normalized spacial score (nSPS) is 24.0. The molecule has 2 heterocycles. The first-order valence-electron chi connectivity index (χ1n) is 8.45. The van der Waals surface area contributed by atoms with Gasteiger partial charge in [0.1, 0.15) is 17.3 Å². The Bertz CT molecular complexity index is 703. The number of morpholine rings is 2. The van der Waals surface area contributed by atoms with E-state index in [0.29, 0.717) is 45.1 Å². The summed E-state index contributed by atoms with van der Waals surface area (Å²) in [6.45, 7) is 7.58. The molecule has 1 aromatic carbocycles. The SMILES string of the molecule is C[C@@H]1CN(c2cc(N3CCO[C@@H](C)C3)cc(C#N)c2[N+](=O)[O-])CCO1. The van der Waals surface area contributed by atoms with E-state index in [-0.39, 0.29) is 23.5 Å². The minimum atomic E-state index is -0.459. The average Bonchev–Trinajstić information content (AvgIpc) is 2.60. The van der Waals surface area contributed by atoms with E-state index in [1.165, 1.54) is 0 Å². The van der Waals surface area contributed by atoms with E-state index in [9.17, 15) is 15.4 Å². The van der Waals surface area contributed by atoms with Crippen LogP contribution in [0.4, 0.5) is 17.1 Å². The highest BCUT2D eigenvalue weighted by atomic mass is 16.6. The van der Waals surface area contributed by atoms with Crippen LogP contribution in [-0.4, -0.2) is 56.5 Å². The lowest BCUT2D eigenvalue weighted by atomic mass is 10.1. The van der Waals surface area contributed by atoms with Crippen LogP contribution in [-0.2, 0) is 9.47 Å². The van der Waals surface area contributed by atoms with Gasteiger partial charge in [0.2, 0.25) is 0 Å². The molecule has 0 N–H and O–H groups in total. The Morgan fingerprint density at radius 1 is 1.16 bits per heavy atom. The van der Waals surface area contributed by atoms with Gasteiger partial charge in [0.15, 0.2) is 0 Å². The first-order chi connectivity index (χ1) is 12.0. The van der Waals surface area contributed by atoms with Crippen LogP contribution in [0.5, 0.6) is 0 Å². The summed E-state index contributed by atoms with van der Waals surface area (Å²) < 4.78 is 11.1. The summed E-state index contributed by atoms with van der Waals surface area (Å²) >= 11 is 0. The quantitative estimate of drug-likeness (QED) is 0.610. The van der Waals surface area contributed by atoms with Gasteiger partial charge >= 0.3 is 5.69 Å². The van der Waals surface area contributed by atoms with Crippen LogP contribution in [0.25, 0.3) is 0 Å². The van der Waals surface area contributed by atoms with E-state index in [4.69, 9.17) is 9.47 Å². The standard InChI is InChI=1S/C17H22N4O4/c1-12-10-19(3-5-24-12)15-7-14(9-18)17(21(22)23)16(8-15)20-4-6-25-13(2)11-20/h7-8,12-13H,3-6,10-11H2,1-2H3/t12-,13+/m0/s1. The lowest BCUT2D eigenvalue weighted by Gasteiger charge is -2.35. The molecule has 2 saturated heterocycles. The molecule has 3 rings (SSSR count). The summed E-state index contributed by atoms with van der Waals surface area (Å²) in [5.41, 5.74) is 1.29. The summed E-state index contributed by atoms with van der Waals surface area (Å²) in [4.78, 5) is 15.2. The maximum absolute atomic E-state index is 11.6. The van der Waals surface area contributed by atoms with Crippen molar-refractivity contribution in [1.29, 1.82) is 5.26 Å². The maximum Gasteiger partial charge on any atom is 0.310 e. The molecule has 0 spiro atoms. The monoisotopic (exact) mass is 346 g/mol. The van der Waals surface area contributed by atoms with Crippen LogP contribution in [0.2, 0.25) is 0 Å². The Labute approximate surface area is 146 Å². The van der Waals surface area contributed by atoms with Gasteiger partial charge in [0.25, 0.3) is 0 Å². The number of nitro benzene ring substituents is 1. The number of benzene rings is 1. The number of rotatable bonds is 3. The van der Waals surface area contributed by atoms with Gasteiger partial charge in [-0.2, -0.15) is 5.26 Å². The predicted octanol–water partition coefficient (Wildman–Crippen LogP) is 1.92. The van der Waals surface area contributed by atoms with Gasteiger partial charge in [0, 0.05) is 31.9 Å². The van der Waals surface area contributed by atoms with E-state index in [1.807, 2.05) is 30.9 Å². The fourth-order valence-electron chi connectivity index (χ4n) is 3.40. The van der Waals surface area contributed by atoms with Gasteiger partial charge in [0.05, 0.1) is 30.3 Å². The van der Waals surface area contributed by atoms with Crippen LogP contribution >= 0.6 is 0 Å². The smallest absolute Gasteiger partial charge is 0.310 e. The van der Waals surface area contributed by atoms with Gasteiger partial charge in [-0.15, -0.1) is 0 Å². The molecule has 2 aliphatic rings. The van der Waals surface area contributed by atoms with Crippen LogP contribution < -0.4 is 9.80 Å². The molecule has 2 aliphatic heterocycles. The largest absolute Gasteiger partial charge is 0.375 e. The third kappa shape index (κ3) is 3.67. The summed E-state index contributed by atoms with van der Waals surface area (Å²) in [6.07, 6.45) is 0.0762. The average molecular weight is 346 g/mol. The van der Waals surface area contributed by atoms with Gasteiger partial charge in [-0.1, -0.05) is 0 Å². The number of nitro groups is 1. The van der Waals surface area contributed by atoms with Crippen molar-refractivity contribution in [2.45, 2.75) is 26.1 Å². The molecule has 0 bridgehead atoms. The Balaban J connectivity index is 2.05. The van der Waals surface area contributed by atoms with E-state index >= 15 is 0 Å². The van der Waals surface area contributed by atoms with Crippen molar-refractivity contribution in [2.75, 3.05) is 49.2 Å². The molecule has 1 aromatic rings. The van der Waals surface area contributed by atoms with Crippen molar-refractivity contribution in [1.82, 2.24) is 0 Å². The second kappa shape index (κ2) is 7.25. The zero-order valence-electron chi connectivity index (χ0n) is 14.5. The third-order valence-electron chi connectivity index (χ3n) is 4.57. The topological polar surface area (TPSA) is 91.9 Å². The number of hydrogen-bond donors (Lipinski definition) is 0. The lowest BCUT2D eigenvalue weighted by molar-refractivity contribution is -0.384. The first kappa shape index (κ1) is 17.5. The molecule has 0 amide bonds. The minimum Gasteiger partial charge on any atom is -0.375 e. The molecule has 0 saturated carbocycles. The fourth-order valence-corrected chi connectivity index (χ4v) is 3.40. The molecular weight excluding hydrogens is 324 g/mol. The molecule has 0 unspecified atom stereocenters. The molecule has 8 heteroatoms. The second-order valence-electron chi connectivity index (χ2n) is 6.48. The Morgan fingerprint density at radius 3 is 2.32 bits per heavy atom. The summed E-state index contributed by atoms with van der Waals surface area (Å²) in [5, 5.41) is 21.1. The van der Waals surface area contributed by atoms with E-state index < -0.39 is 4.92 Å². The van der Waals surface area contributed by atoms with Gasteiger partial charge in [-0.3, -0.25) is 10.1 Å². The van der Waals surface area contributed by atoms with E-state index in [1.54, 1.807) is 6.07 Å². The highest BCUT2D eigenvalue weighted by molar-refractivity contribution is 5.76. The lowest BCUT2D eigenvalue weighted by Crippen LogP contribution is -2.42. The van der Waals surface area contributed by atoms with Crippen LogP contribution in [0.1, 0.15) is 19.4 Å². The highest BCUT2D eigenvalue weighted by Gasteiger charge is 2.30. The van der Waals surface area contributed by atoms with Crippen molar-refractivity contribution in [3.8, 4) is 6.07 Å². The number of nitriles is 1. The number of hydrogen-bond acceptors (Lipinski definition) is 7. The summed E-state index contributed by atoms with van der Waals surface area (Å²) in [6, 6.07) is 5.44. The van der Waals surface area contributed by atoms with Gasteiger partial charge in [-0.25, -0.2) is 0 Å². The molecule has 0 radical (unpaired) electrons. The Morgan fingerprint density at radius 2 is 1.76 bits per heavy atom. The summed E-state index contributed by atoms with van der Waals surface area (Å²) in [7, 11) is 0. The molecule has 0 aromatic heterocycles. The fraction of sp³-hybridized carbons (Fsp3) is 0.588. The minimum absolute atomic E-state index is 0.00838.